The molecule has 13 nitrogen and oxygen atoms in total. The lowest BCUT2D eigenvalue weighted by Gasteiger charge is -2.32. The average molecular weight is 688 g/mol. The molecule has 50 heavy (non-hydrogen) atoms. The number of carbonyl (C=O) groups excluding carboxylic acids is 4. The van der Waals surface area contributed by atoms with Crippen LogP contribution in [0.25, 0.3) is 10.9 Å². The molecule has 2 aromatic rings. The number of methoxy groups -OCH3 is 1. The van der Waals surface area contributed by atoms with Gasteiger partial charge in [-0.25, -0.2) is 14.6 Å². The van der Waals surface area contributed by atoms with Crippen LogP contribution in [-0.2, 0) is 19.1 Å². The number of nitrogens with zero attached hydrogens (tertiary/aromatic N) is 3. The fourth-order valence-corrected chi connectivity index (χ4v) is 8.45. The number of pyridine rings is 1. The van der Waals surface area contributed by atoms with Crippen molar-refractivity contribution < 1.29 is 38.6 Å². The van der Waals surface area contributed by atoms with Crippen LogP contribution in [0.15, 0.2) is 42.5 Å². The van der Waals surface area contributed by atoms with Gasteiger partial charge in [-0.15, -0.1) is 0 Å². The molecule has 266 valence electrons. The number of nitrogens with one attached hydrogen (secondary N) is 2. The summed E-state index contributed by atoms with van der Waals surface area (Å²) in [7, 11) is 1.54. The maximum atomic E-state index is 14.4. The van der Waals surface area contributed by atoms with Gasteiger partial charge in [0.05, 0.1) is 12.6 Å². The van der Waals surface area contributed by atoms with E-state index in [0.717, 1.165) is 50.3 Å². The van der Waals surface area contributed by atoms with Crippen LogP contribution in [0.5, 0.6) is 5.75 Å². The van der Waals surface area contributed by atoms with Gasteiger partial charge in [-0.1, -0.05) is 37.1 Å². The molecule has 0 unspecified atom stereocenters. The van der Waals surface area contributed by atoms with E-state index < -0.39 is 47.4 Å². The number of aliphatic carboxylic acids is 1. The number of likely N-dealkylation sites (tertiary alicyclic amines) is 1. The Labute approximate surface area is 290 Å². The van der Waals surface area contributed by atoms with Crippen molar-refractivity contribution in [3.63, 3.8) is 0 Å². The third-order valence-electron chi connectivity index (χ3n) is 11.3. The number of carboxylic acids is 1. The molecule has 0 bridgehead atoms. The quantitative estimate of drug-likeness (QED) is 0.398. The van der Waals surface area contributed by atoms with E-state index in [1.807, 2.05) is 36.4 Å². The Balaban J connectivity index is 1.16. The number of amides is 4. The normalized spacial score (nSPS) is 30.7. The van der Waals surface area contributed by atoms with Gasteiger partial charge in [0.25, 0.3) is 5.91 Å². The summed E-state index contributed by atoms with van der Waals surface area (Å²) in [5, 5.41) is 16.7. The molecule has 13 heteroatoms. The van der Waals surface area contributed by atoms with Crippen molar-refractivity contribution >= 4 is 40.7 Å². The molecule has 3 aliphatic heterocycles. The highest BCUT2D eigenvalue weighted by atomic mass is 16.6. The minimum absolute atomic E-state index is 0.174. The Morgan fingerprint density at radius 1 is 1.02 bits per heavy atom. The van der Waals surface area contributed by atoms with Gasteiger partial charge in [-0.05, 0) is 63.5 Å². The molecule has 7 rings (SSSR count). The lowest BCUT2D eigenvalue weighted by molar-refractivity contribution is -0.146. The van der Waals surface area contributed by atoms with Gasteiger partial charge < -0.3 is 35.0 Å². The molecule has 6 atom stereocenters. The van der Waals surface area contributed by atoms with E-state index in [2.05, 4.69) is 15.6 Å². The molecule has 0 spiro atoms. The van der Waals surface area contributed by atoms with E-state index in [1.165, 1.54) is 12.0 Å². The Morgan fingerprint density at radius 3 is 2.58 bits per heavy atom. The van der Waals surface area contributed by atoms with Crippen LogP contribution in [0.2, 0.25) is 0 Å². The first-order chi connectivity index (χ1) is 24.2. The van der Waals surface area contributed by atoms with Crippen molar-refractivity contribution in [1.82, 2.24) is 25.4 Å². The molecule has 2 saturated carbocycles. The van der Waals surface area contributed by atoms with E-state index in [4.69, 9.17) is 9.47 Å². The van der Waals surface area contributed by atoms with Crippen LogP contribution in [0.3, 0.4) is 0 Å². The Hall–Kier alpha value is -4.68. The van der Waals surface area contributed by atoms with Crippen molar-refractivity contribution in [1.29, 1.82) is 0 Å². The maximum absolute atomic E-state index is 14.4. The average Bonchev–Trinajstić information content (AvgIpc) is 3.44. The number of hydrogen-bond acceptors (Lipinski definition) is 8. The number of para-hydroxylation sites is 1. The van der Waals surface area contributed by atoms with Gasteiger partial charge in [0.15, 0.2) is 0 Å². The standard InChI is InChI=1S/C37H45N5O8/c1-49-30-17-29(38-27-15-10-9-14-25(27)30)33(44)41-19-22-20-42-31(26(22)21-41)32(43)40-37(35(46)47)18-23(37)11-5-3-2-4-6-16-28(34(42)45)39-36(48)50-24-12-7-8-13-24/h5,9-11,14-15,17,22-24,26,28,31H,2-4,6-8,12-13,16,18-21H2,1H3,(H,39,48)(H,40,43)(H,46,47)/b11-5-/t22-,23-,26-,28+,31-,37+/m0/s1. The van der Waals surface area contributed by atoms with Crippen LogP contribution < -0.4 is 15.4 Å². The predicted molar refractivity (Wildman–Crippen MR) is 181 cm³/mol. The first-order valence-corrected chi connectivity index (χ1v) is 17.9. The molecule has 5 aliphatic rings. The third-order valence-corrected chi connectivity index (χ3v) is 11.3. The third kappa shape index (κ3) is 6.49. The zero-order chi connectivity index (χ0) is 35.0. The number of carbonyl (C=O) groups is 5. The summed E-state index contributed by atoms with van der Waals surface area (Å²) in [6, 6.07) is 7.06. The Morgan fingerprint density at radius 2 is 1.80 bits per heavy atom. The van der Waals surface area contributed by atoms with Crippen LogP contribution >= 0.6 is 0 Å². The van der Waals surface area contributed by atoms with Crippen LogP contribution in [-0.4, -0.2) is 100 Å². The van der Waals surface area contributed by atoms with E-state index in [-0.39, 0.29) is 55.6 Å². The highest BCUT2D eigenvalue weighted by Crippen LogP contribution is 2.46. The number of alkyl carbamates (subject to hydrolysis) is 1. The van der Waals surface area contributed by atoms with Crippen molar-refractivity contribution in [2.45, 2.75) is 87.9 Å². The minimum Gasteiger partial charge on any atom is -0.496 e. The smallest absolute Gasteiger partial charge is 0.408 e. The fraction of sp³-hybridized carbons (Fsp3) is 0.568. The van der Waals surface area contributed by atoms with Gasteiger partial charge >= 0.3 is 12.1 Å². The van der Waals surface area contributed by atoms with Crippen molar-refractivity contribution in [2.75, 3.05) is 26.7 Å². The summed E-state index contributed by atoms with van der Waals surface area (Å²) in [6.45, 7) is 0.637. The molecule has 2 aliphatic carbocycles. The summed E-state index contributed by atoms with van der Waals surface area (Å²) in [5.74, 6) is -2.93. The molecule has 2 saturated heterocycles. The topological polar surface area (TPSA) is 167 Å². The van der Waals surface area contributed by atoms with Crippen LogP contribution in [0.4, 0.5) is 4.79 Å². The maximum Gasteiger partial charge on any atom is 0.408 e. The zero-order valence-electron chi connectivity index (χ0n) is 28.3. The molecular weight excluding hydrogens is 642 g/mol. The van der Waals surface area contributed by atoms with E-state index in [1.54, 1.807) is 11.0 Å². The number of ether oxygens (including phenoxy) is 2. The molecule has 4 amide bonds. The van der Waals surface area contributed by atoms with Gasteiger partial charge in [0.1, 0.15) is 35.2 Å². The summed E-state index contributed by atoms with van der Waals surface area (Å²) in [4.78, 5) is 75.9. The SMILES string of the molecule is COc1cc(C(=O)N2C[C@H]3CN4C(=O)[C@H](NC(=O)OC5CCCC5)CCCCC/C=C\[C@H]5C[C@@]5(C(=O)O)NC(=O)[C@@H]4[C@H]3C2)nc2ccccc12. The fourth-order valence-electron chi connectivity index (χ4n) is 8.45. The minimum atomic E-state index is -1.46. The van der Waals surface area contributed by atoms with Crippen molar-refractivity contribution in [2.24, 2.45) is 17.8 Å². The first kappa shape index (κ1) is 33.8. The highest BCUT2D eigenvalue weighted by molar-refractivity contribution is 5.98. The first-order valence-electron chi connectivity index (χ1n) is 17.9. The van der Waals surface area contributed by atoms with Gasteiger partial charge in [-0.2, -0.15) is 0 Å². The summed E-state index contributed by atoms with van der Waals surface area (Å²) < 4.78 is 11.2. The van der Waals surface area contributed by atoms with E-state index in [0.29, 0.717) is 24.1 Å². The number of aromatic nitrogens is 1. The number of carboxylic acid groups (broad SMARTS) is 1. The molecular formula is C37H45N5O8. The van der Waals surface area contributed by atoms with Crippen molar-refractivity contribution in [3.05, 3.63) is 48.2 Å². The summed E-state index contributed by atoms with van der Waals surface area (Å²) in [6.07, 6.45) is 10.3. The number of benzene rings is 1. The van der Waals surface area contributed by atoms with Gasteiger partial charge in [0.2, 0.25) is 11.8 Å². The molecule has 4 heterocycles. The molecule has 3 N–H and O–H groups in total. The largest absolute Gasteiger partial charge is 0.496 e. The van der Waals surface area contributed by atoms with Crippen molar-refractivity contribution in [3.8, 4) is 5.75 Å². The number of allylic oxidation sites excluding steroid dienone is 1. The number of fused-ring (bicyclic) bond motifs is 5. The lowest BCUT2D eigenvalue weighted by atomic mass is 9.93. The van der Waals surface area contributed by atoms with Crippen LogP contribution in [0, 0.1) is 17.8 Å². The Kier molecular flexibility index (Phi) is 9.40. The number of rotatable bonds is 5. The van der Waals surface area contributed by atoms with Crippen LogP contribution in [0.1, 0.15) is 74.7 Å². The van der Waals surface area contributed by atoms with Gasteiger partial charge in [0, 0.05) is 48.8 Å². The van der Waals surface area contributed by atoms with Gasteiger partial charge in [-0.3, -0.25) is 14.4 Å². The predicted octanol–water partition coefficient (Wildman–Crippen LogP) is 3.66. The molecule has 0 radical (unpaired) electrons. The number of hydrogen-bond donors (Lipinski definition) is 3. The summed E-state index contributed by atoms with van der Waals surface area (Å²) >= 11 is 0. The second-order valence-corrected chi connectivity index (χ2v) is 14.4. The second-order valence-electron chi connectivity index (χ2n) is 14.4. The second kappa shape index (κ2) is 13.9. The lowest BCUT2D eigenvalue weighted by Crippen LogP contribution is -2.58. The molecule has 1 aromatic heterocycles. The van der Waals surface area contributed by atoms with E-state index >= 15 is 0 Å². The molecule has 4 fully saturated rings. The summed E-state index contributed by atoms with van der Waals surface area (Å²) in [5.41, 5.74) is -0.629. The zero-order valence-corrected chi connectivity index (χ0v) is 28.3. The monoisotopic (exact) mass is 687 g/mol. The van der Waals surface area contributed by atoms with E-state index in [9.17, 15) is 29.1 Å². The Bertz CT molecular complexity index is 1710. The highest BCUT2D eigenvalue weighted by Gasteiger charge is 2.62. The molecule has 1 aromatic carbocycles.